The molecule has 0 atom stereocenters. The summed E-state index contributed by atoms with van der Waals surface area (Å²) >= 11 is 0. The van der Waals surface area contributed by atoms with Crippen LogP contribution in [0.1, 0.15) is 0 Å². The van der Waals surface area contributed by atoms with E-state index in [-0.39, 0.29) is 0 Å². The van der Waals surface area contributed by atoms with Gasteiger partial charge in [0.15, 0.2) is 0 Å². The average Bonchev–Trinajstić information content (AvgIpc) is 2.11. The van der Waals surface area contributed by atoms with Gasteiger partial charge in [-0.15, -0.1) is 4.89 Å². The van der Waals surface area contributed by atoms with Crippen LogP contribution in [0.25, 0.3) is 0 Å². The molecule has 0 aromatic carbocycles. The van der Waals surface area contributed by atoms with Crippen LogP contribution < -0.4 is 0 Å². The Morgan fingerprint density at radius 2 is 1.47 bits per heavy atom. The number of hydrogen-bond acceptors (Lipinski definition) is 4. The summed E-state index contributed by atoms with van der Waals surface area (Å²) in [5, 5.41) is -6.23. The van der Waals surface area contributed by atoms with Gasteiger partial charge in [0.2, 0.25) is 0 Å². The largest absolute Gasteiger partial charge is 0.472 e. The van der Waals surface area contributed by atoms with Gasteiger partial charge >= 0.3 is 33.6 Å². The van der Waals surface area contributed by atoms with Crippen LogP contribution in [0, 0.1) is 0 Å². The Labute approximate surface area is 88.1 Å². The Morgan fingerprint density at radius 3 is 1.76 bits per heavy atom. The summed E-state index contributed by atoms with van der Waals surface area (Å²) in [6.07, 6.45) is -9.43. The lowest BCUT2D eigenvalue weighted by atomic mass is 10.6. The summed E-state index contributed by atoms with van der Waals surface area (Å²) < 4.78 is 111. The van der Waals surface area contributed by atoms with Crippen LogP contribution in [0.15, 0.2) is 12.1 Å². The van der Waals surface area contributed by atoms with Crippen LogP contribution in [0.5, 0.6) is 0 Å². The average molecular weight is 294 g/mol. The third kappa shape index (κ3) is 3.44. The predicted molar refractivity (Wildman–Crippen MR) is 34.0 cm³/mol. The Balaban J connectivity index is 5.00. The fourth-order valence-electron chi connectivity index (χ4n) is 0.319. The summed E-state index contributed by atoms with van der Waals surface area (Å²) in [6.45, 7) is 0. The van der Waals surface area contributed by atoms with Crippen LogP contribution in [-0.2, 0) is 19.9 Å². The minimum atomic E-state index is -6.64. The fraction of sp³-hybridized carbons (Fsp3) is 0.500. The third-order valence-electron chi connectivity index (χ3n) is 1.03. The van der Waals surface area contributed by atoms with Gasteiger partial charge in [0.1, 0.15) is 0 Å². The summed E-state index contributed by atoms with van der Waals surface area (Å²) in [4.78, 5) is 4.62. The maximum atomic E-state index is 12.3. The Hall–Kier alpha value is -1.08. The molecule has 0 aliphatic carbocycles. The number of rotatable bonds is 5. The van der Waals surface area contributed by atoms with E-state index in [0.717, 1.165) is 0 Å². The third-order valence-corrected chi connectivity index (χ3v) is 1.92. The molecule has 0 saturated heterocycles. The van der Waals surface area contributed by atoms with Gasteiger partial charge in [0.05, 0.1) is 0 Å². The van der Waals surface area contributed by atoms with Gasteiger partial charge in [-0.3, -0.25) is 9.44 Å². The number of hydrogen-bond donors (Lipinski definition) is 1. The van der Waals surface area contributed by atoms with Gasteiger partial charge < -0.3 is 0 Å². The minimum Gasteiger partial charge on any atom is -0.294 e. The second-order valence-corrected chi connectivity index (χ2v) is 3.67. The van der Waals surface area contributed by atoms with E-state index in [0.29, 0.717) is 0 Å². The van der Waals surface area contributed by atoms with Crippen LogP contribution >= 0.6 is 0 Å². The highest BCUT2D eigenvalue weighted by Gasteiger charge is 2.69. The van der Waals surface area contributed by atoms with Crippen molar-refractivity contribution in [3.63, 3.8) is 0 Å². The minimum absolute atomic E-state index is 2.21. The van der Waals surface area contributed by atoms with Gasteiger partial charge in [0, 0.05) is 0 Å². The van der Waals surface area contributed by atoms with Gasteiger partial charge in [-0.25, -0.2) is 0 Å². The first-order valence-electron chi connectivity index (χ1n) is 3.12. The van der Waals surface area contributed by atoms with Gasteiger partial charge in [-0.2, -0.15) is 39.2 Å². The molecular weight excluding hydrogens is 293 g/mol. The fourth-order valence-corrected chi connectivity index (χ4v) is 0.653. The highest BCUT2D eigenvalue weighted by molar-refractivity contribution is 7.86. The highest BCUT2D eigenvalue weighted by Crippen LogP contribution is 2.39. The van der Waals surface area contributed by atoms with Crippen molar-refractivity contribution in [2.45, 2.75) is 11.4 Å². The first kappa shape index (κ1) is 15.9. The molecule has 5 nitrogen and oxygen atoms in total. The predicted octanol–water partition coefficient (Wildman–Crippen LogP) is 2.04. The molecule has 102 valence electrons. The maximum absolute atomic E-state index is 12.3. The Morgan fingerprint density at radius 1 is 1.06 bits per heavy atom. The quantitative estimate of drug-likeness (QED) is 0.276. The van der Waals surface area contributed by atoms with E-state index in [9.17, 15) is 39.2 Å². The van der Waals surface area contributed by atoms with E-state index in [1.807, 2.05) is 0 Å². The SMILES string of the molecule is O=S(=O)(O)C(F)(F)C(F)(F)OOC(F)=C(F)F. The molecule has 0 unspecified atom stereocenters. The van der Waals surface area contributed by atoms with E-state index in [2.05, 4.69) is 9.78 Å². The van der Waals surface area contributed by atoms with Gasteiger partial charge in [-0.1, -0.05) is 0 Å². The van der Waals surface area contributed by atoms with Crippen molar-refractivity contribution in [3.05, 3.63) is 12.1 Å². The maximum Gasteiger partial charge on any atom is 0.472 e. The van der Waals surface area contributed by atoms with Gasteiger partial charge in [-0.05, 0) is 0 Å². The van der Waals surface area contributed by atoms with Crippen molar-refractivity contribution in [1.82, 2.24) is 0 Å². The molecule has 0 fully saturated rings. The number of halogens is 7. The molecular formula is C4HF7O5S. The molecule has 0 amide bonds. The molecule has 17 heavy (non-hydrogen) atoms. The zero-order valence-electron chi connectivity index (χ0n) is 7.13. The molecule has 0 radical (unpaired) electrons. The van der Waals surface area contributed by atoms with Gasteiger partial charge in [0.25, 0.3) is 0 Å². The smallest absolute Gasteiger partial charge is 0.294 e. The molecule has 1 N–H and O–H groups in total. The summed E-state index contributed by atoms with van der Waals surface area (Å²) in [5.41, 5.74) is 0. The van der Waals surface area contributed by atoms with Crippen LogP contribution in [-0.4, -0.2) is 24.3 Å². The Kier molecular flexibility index (Phi) is 4.36. The zero-order chi connectivity index (χ0) is 14.1. The molecule has 0 spiro atoms. The van der Waals surface area contributed by atoms with E-state index in [1.54, 1.807) is 0 Å². The molecule has 13 heteroatoms. The molecule has 0 heterocycles. The van der Waals surface area contributed by atoms with Crippen molar-refractivity contribution in [3.8, 4) is 0 Å². The first-order chi connectivity index (χ1) is 7.33. The van der Waals surface area contributed by atoms with Crippen LogP contribution in [0.4, 0.5) is 30.7 Å². The number of alkyl halides is 4. The summed E-state index contributed by atoms with van der Waals surface area (Å²) in [7, 11) is -6.64. The summed E-state index contributed by atoms with van der Waals surface area (Å²) in [5.74, 6) is 0. The second-order valence-electron chi connectivity index (χ2n) is 2.21. The lowest BCUT2D eigenvalue weighted by Gasteiger charge is -2.21. The summed E-state index contributed by atoms with van der Waals surface area (Å²) in [6, 6.07) is -3.09. The lowest BCUT2D eigenvalue weighted by Crippen LogP contribution is -2.48. The van der Waals surface area contributed by atoms with E-state index in [1.165, 1.54) is 0 Å². The monoisotopic (exact) mass is 294 g/mol. The molecule has 0 aromatic rings. The molecule has 0 bridgehead atoms. The second kappa shape index (κ2) is 4.66. The lowest BCUT2D eigenvalue weighted by molar-refractivity contribution is -0.463. The van der Waals surface area contributed by atoms with Crippen molar-refractivity contribution in [2.24, 2.45) is 0 Å². The standard InChI is InChI=1S/C4HF7O5S/c5-1(6)2(7)15-16-3(8,9)4(10,11)17(12,13)14/h(H,12,13,14). The Bertz CT molecular complexity index is 410. The first-order valence-corrected chi connectivity index (χ1v) is 4.56. The molecule has 0 aliphatic rings. The van der Waals surface area contributed by atoms with Crippen molar-refractivity contribution in [2.75, 3.05) is 0 Å². The highest BCUT2D eigenvalue weighted by atomic mass is 32.2. The molecule has 0 rings (SSSR count). The molecule has 0 aromatic heterocycles. The van der Waals surface area contributed by atoms with Crippen molar-refractivity contribution >= 4 is 10.1 Å². The zero-order valence-corrected chi connectivity index (χ0v) is 7.95. The topological polar surface area (TPSA) is 72.8 Å². The van der Waals surface area contributed by atoms with Crippen LogP contribution in [0.2, 0.25) is 0 Å². The molecule has 0 aliphatic heterocycles. The van der Waals surface area contributed by atoms with Crippen molar-refractivity contribution in [1.29, 1.82) is 0 Å². The van der Waals surface area contributed by atoms with Crippen LogP contribution in [0.3, 0.4) is 0 Å². The molecule has 0 saturated carbocycles. The normalized spacial score (nSPS) is 13.4. The van der Waals surface area contributed by atoms with Crippen molar-refractivity contribution < 1.29 is 53.5 Å². The van der Waals surface area contributed by atoms with E-state index in [4.69, 9.17) is 4.55 Å². The van der Waals surface area contributed by atoms with E-state index >= 15 is 0 Å². The van der Waals surface area contributed by atoms with E-state index < -0.39 is 33.6 Å².